The van der Waals surface area contributed by atoms with Crippen molar-refractivity contribution in [3.05, 3.63) is 18.1 Å². The zero-order valence-corrected chi connectivity index (χ0v) is 16.9. The fourth-order valence-electron chi connectivity index (χ4n) is 4.54. The highest BCUT2D eigenvalue weighted by molar-refractivity contribution is 5.84. The van der Waals surface area contributed by atoms with Gasteiger partial charge in [0, 0.05) is 13.1 Å². The van der Waals surface area contributed by atoms with E-state index in [1.807, 2.05) is 11.8 Å². The van der Waals surface area contributed by atoms with Crippen LogP contribution < -0.4 is 4.74 Å². The van der Waals surface area contributed by atoms with Crippen molar-refractivity contribution in [2.75, 3.05) is 19.7 Å². The van der Waals surface area contributed by atoms with Crippen molar-refractivity contribution >= 4 is 12.1 Å². The number of aromatic nitrogens is 2. The van der Waals surface area contributed by atoms with Crippen LogP contribution in [0.25, 0.3) is 0 Å². The lowest BCUT2D eigenvalue weighted by atomic mass is 9.56. The van der Waals surface area contributed by atoms with Crippen molar-refractivity contribution < 1.29 is 24.2 Å². The van der Waals surface area contributed by atoms with Crippen molar-refractivity contribution in [3.63, 3.8) is 0 Å². The highest BCUT2D eigenvalue weighted by atomic mass is 16.6. The van der Waals surface area contributed by atoms with Gasteiger partial charge in [-0.05, 0) is 69.6 Å². The normalized spacial score (nSPS) is 22.0. The Morgan fingerprint density at radius 1 is 1.17 bits per heavy atom. The van der Waals surface area contributed by atoms with Crippen LogP contribution in [0.3, 0.4) is 0 Å². The first-order chi connectivity index (χ1) is 13.9. The molecule has 3 fully saturated rings. The van der Waals surface area contributed by atoms with Crippen molar-refractivity contribution in [1.29, 1.82) is 0 Å². The lowest BCUT2D eigenvalue weighted by Gasteiger charge is -2.52. The van der Waals surface area contributed by atoms with E-state index in [0.29, 0.717) is 17.9 Å². The van der Waals surface area contributed by atoms with Crippen LogP contribution >= 0.6 is 0 Å². The summed E-state index contributed by atoms with van der Waals surface area (Å²) in [6.07, 6.45) is 11.1. The fraction of sp³-hybridized carbons (Fsp3) is 0.714. The van der Waals surface area contributed by atoms with Crippen LogP contribution in [0.4, 0.5) is 4.79 Å². The lowest BCUT2D eigenvalue weighted by molar-refractivity contribution is -0.0232. The number of hydrogen-bond acceptors (Lipinski definition) is 6. The Hall–Kier alpha value is -2.38. The number of nitrogens with zero attached hydrogens (tertiary/aromatic N) is 3. The van der Waals surface area contributed by atoms with E-state index in [2.05, 4.69) is 9.97 Å². The van der Waals surface area contributed by atoms with Crippen molar-refractivity contribution in [2.24, 2.45) is 11.3 Å². The summed E-state index contributed by atoms with van der Waals surface area (Å²) in [5.41, 5.74) is 0.141. The molecule has 29 heavy (non-hydrogen) atoms. The Kier molecular flexibility index (Phi) is 5.36. The SMILES string of the molecule is CC1(OC(=O)N2CCC3(CC2)CC(CCCOc2cnc(C(=O)O)cn2)C3)CC1. The van der Waals surface area contributed by atoms with Gasteiger partial charge in [-0.15, -0.1) is 0 Å². The van der Waals surface area contributed by atoms with E-state index in [1.165, 1.54) is 25.2 Å². The zero-order valence-electron chi connectivity index (χ0n) is 16.9. The molecule has 2 saturated carbocycles. The molecule has 1 spiro atoms. The van der Waals surface area contributed by atoms with Gasteiger partial charge in [-0.3, -0.25) is 0 Å². The topological polar surface area (TPSA) is 102 Å². The molecule has 2 heterocycles. The third-order valence-electron chi connectivity index (χ3n) is 6.67. The van der Waals surface area contributed by atoms with E-state index < -0.39 is 5.97 Å². The summed E-state index contributed by atoms with van der Waals surface area (Å²) in [5, 5.41) is 8.81. The van der Waals surface area contributed by atoms with Gasteiger partial charge in [0.15, 0.2) is 5.69 Å². The summed E-state index contributed by atoms with van der Waals surface area (Å²) in [7, 11) is 0. The maximum absolute atomic E-state index is 12.2. The van der Waals surface area contributed by atoms with Gasteiger partial charge in [-0.25, -0.2) is 19.6 Å². The second-order valence-corrected chi connectivity index (χ2v) is 9.11. The predicted octanol–water partition coefficient (Wildman–Crippen LogP) is 3.52. The quantitative estimate of drug-likeness (QED) is 0.695. The molecular formula is C21H29N3O5. The summed E-state index contributed by atoms with van der Waals surface area (Å²) in [6.45, 7) is 4.20. The summed E-state index contributed by atoms with van der Waals surface area (Å²) >= 11 is 0. The first kappa shape index (κ1) is 19.9. The van der Waals surface area contributed by atoms with Gasteiger partial charge in [0.05, 0.1) is 19.0 Å². The number of carboxylic acids is 1. The number of piperidine rings is 1. The first-order valence-corrected chi connectivity index (χ1v) is 10.5. The molecule has 2 aliphatic carbocycles. The maximum Gasteiger partial charge on any atom is 0.410 e. The maximum atomic E-state index is 12.2. The van der Waals surface area contributed by atoms with Crippen LogP contribution in [0, 0.1) is 11.3 Å². The van der Waals surface area contributed by atoms with Crippen molar-refractivity contribution in [2.45, 2.75) is 63.9 Å². The van der Waals surface area contributed by atoms with Crippen molar-refractivity contribution in [3.8, 4) is 5.88 Å². The molecule has 1 aromatic heterocycles. The summed E-state index contributed by atoms with van der Waals surface area (Å²) < 4.78 is 11.1. The minimum Gasteiger partial charge on any atom is -0.477 e. The molecule has 0 bridgehead atoms. The third kappa shape index (κ3) is 4.79. The number of carbonyl (C=O) groups is 2. The number of carboxylic acid groups (broad SMARTS) is 1. The van der Waals surface area contributed by atoms with E-state index >= 15 is 0 Å². The molecule has 0 radical (unpaired) electrons. The second-order valence-electron chi connectivity index (χ2n) is 9.11. The Bertz CT molecular complexity index is 746. The molecule has 1 aromatic rings. The third-order valence-corrected chi connectivity index (χ3v) is 6.67. The van der Waals surface area contributed by atoms with Gasteiger partial charge in [0.2, 0.25) is 5.88 Å². The second kappa shape index (κ2) is 7.80. The Morgan fingerprint density at radius 3 is 2.48 bits per heavy atom. The minimum absolute atomic E-state index is 0.0850. The zero-order chi connectivity index (χ0) is 20.5. The summed E-state index contributed by atoms with van der Waals surface area (Å²) in [4.78, 5) is 32.6. The average molecular weight is 403 g/mol. The molecule has 158 valence electrons. The molecule has 3 aliphatic rings. The van der Waals surface area contributed by atoms with Crippen LogP contribution in [-0.4, -0.2) is 57.3 Å². The Balaban J connectivity index is 1.10. The van der Waals surface area contributed by atoms with Gasteiger partial charge in [-0.1, -0.05) is 0 Å². The highest BCUT2D eigenvalue weighted by Crippen LogP contribution is 2.54. The molecule has 0 aromatic carbocycles. The van der Waals surface area contributed by atoms with Crippen LogP contribution in [0.2, 0.25) is 0 Å². The lowest BCUT2D eigenvalue weighted by Crippen LogP contribution is -2.49. The molecule has 1 N–H and O–H groups in total. The van der Waals surface area contributed by atoms with Crippen LogP contribution in [0.1, 0.15) is 68.8 Å². The molecule has 1 saturated heterocycles. The smallest absolute Gasteiger partial charge is 0.410 e. The molecule has 1 amide bonds. The first-order valence-electron chi connectivity index (χ1n) is 10.5. The fourth-order valence-corrected chi connectivity index (χ4v) is 4.54. The van der Waals surface area contributed by atoms with E-state index in [0.717, 1.165) is 57.5 Å². The van der Waals surface area contributed by atoms with Gasteiger partial charge in [-0.2, -0.15) is 0 Å². The number of amides is 1. The minimum atomic E-state index is -1.09. The van der Waals surface area contributed by atoms with E-state index in [4.69, 9.17) is 14.6 Å². The summed E-state index contributed by atoms with van der Waals surface area (Å²) in [6, 6.07) is 0. The molecule has 0 atom stereocenters. The van der Waals surface area contributed by atoms with Gasteiger partial charge < -0.3 is 19.5 Å². The van der Waals surface area contributed by atoms with E-state index in [1.54, 1.807) is 0 Å². The van der Waals surface area contributed by atoms with E-state index in [9.17, 15) is 9.59 Å². The van der Waals surface area contributed by atoms with Crippen molar-refractivity contribution in [1.82, 2.24) is 14.9 Å². The number of likely N-dealkylation sites (tertiary alicyclic amines) is 1. The molecule has 1 aliphatic heterocycles. The molecular weight excluding hydrogens is 374 g/mol. The average Bonchev–Trinajstić information content (AvgIpc) is 3.41. The molecule has 8 nitrogen and oxygen atoms in total. The Labute approximate surface area is 170 Å². The van der Waals surface area contributed by atoms with Gasteiger partial charge in [0.25, 0.3) is 0 Å². The van der Waals surface area contributed by atoms with Crippen LogP contribution in [0.5, 0.6) is 5.88 Å². The highest BCUT2D eigenvalue weighted by Gasteiger charge is 2.47. The number of aromatic carboxylic acids is 1. The molecule has 4 rings (SSSR count). The molecule has 0 unspecified atom stereocenters. The van der Waals surface area contributed by atoms with Gasteiger partial charge >= 0.3 is 12.1 Å². The predicted molar refractivity (Wildman–Crippen MR) is 104 cm³/mol. The van der Waals surface area contributed by atoms with E-state index in [-0.39, 0.29) is 17.4 Å². The number of ether oxygens (including phenoxy) is 2. The Morgan fingerprint density at radius 2 is 1.90 bits per heavy atom. The number of hydrogen-bond donors (Lipinski definition) is 1. The van der Waals surface area contributed by atoms with Crippen LogP contribution in [0.15, 0.2) is 12.4 Å². The van der Waals surface area contributed by atoms with Crippen LogP contribution in [-0.2, 0) is 4.74 Å². The number of rotatable bonds is 7. The van der Waals surface area contributed by atoms with Gasteiger partial charge in [0.1, 0.15) is 5.60 Å². The summed E-state index contributed by atoms with van der Waals surface area (Å²) in [5.74, 6) is -0.00905. The number of carbonyl (C=O) groups excluding carboxylic acids is 1. The largest absolute Gasteiger partial charge is 0.477 e. The molecule has 8 heteroatoms. The monoisotopic (exact) mass is 403 g/mol. The standard InChI is InChI=1S/C21H29N3O5/c1-20(4-5-20)29-19(27)24-8-6-21(7-9-24)11-15(12-21)3-2-10-28-17-14-22-16(13-23-17)18(25)26/h13-15H,2-12H2,1H3,(H,25,26).